The summed E-state index contributed by atoms with van der Waals surface area (Å²) < 4.78 is 35.8. The average molecular weight is 484 g/mol. The summed E-state index contributed by atoms with van der Waals surface area (Å²) in [6, 6.07) is 12.7. The number of nitrogens with two attached hydrogens (primary N) is 1. The van der Waals surface area contributed by atoms with Crippen molar-refractivity contribution in [3.05, 3.63) is 48.3 Å². The number of anilines is 1. The number of carbonyl (C=O) groups is 1. The molecule has 5 rings (SSSR count). The van der Waals surface area contributed by atoms with Crippen LogP contribution in [-0.4, -0.2) is 53.9 Å². The lowest BCUT2D eigenvalue weighted by Crippen LogP contribution is -2.47. The number of primary amides is 1. The number of amides is 1. The number of benzene rings is 2. The van der Waals surface area contributed by atoms with E-state index in [-0.39, 0.29) is 4.90 Å². The van der Waals surface area contributed by atoms with Crippen LogP contribution in [0.2, 0.25) is 0 Å². The predicted octanol–water partition coefficient (Wildman–Crippen LogP) is 2.48. The molecule has 0 unspecified atom stereocenters. The minimum Gasteiger partial charge on any atom is -0.477 e. The monoisotopic (exact) mass is 483 g/mol. The fourth-order valence-electron chi connectivity index (χ4n) is 4.82. The van der Waals surface area contributed by atoms with Crippen LogP contribution in [0, 0.1) is 0 Å². The molecular weight excluding hydrogens is 454 g/mol. The maximum atomic E-state index is 13.2. The van der Waals surface area contributed by atoms with Crippen molar-refractivity contribution in [3.63, 3.8) is 0 Å². The lowest BCUT2D eigenvalue weighted by molar-refractivity contribution is -0.124. The second-order valence-electron chi connectivity index (χ2n) is 8.74. The van der Waals surface area contributed by atoms with Crippen molar-refractivity contribution in [1.29, 1.82) is 0 Å². The van der Waals surface area contributed by atoms with Crippen LogP contribution in [0.3, 0.4) is 0 Å². The Hall–Kier alpha value is -3.11. The van der Waals surface area contributed by atoms with Gasteiger partial charge in [-0.1, -0.05) is 18.6 Å². The van der Waals surface area contributed by atoms with Gasteiger partial charge in [0.2, 0.25) is 10.0 Å². The van der Waals surface area contributed by atoms with Gasteiger partial charge in [0.1, 0.15) is 11.6 Å². The van der Waals surface area contributed by atoms with Gasteiger partial charge in [0, 0.05) is 19.6 Å². The summed E-state index contributed by atoms with van der Waals surface area (Å²) in [7, 11) is -3.54. The Kier molecular flexibility index (Phi) is 5.95. The van der Waals surface area contributed by atoms with Crippen LogP contribution in [0.1, 0.15) is 32.0 Å². The summed E-state index contributed by atoms with van der Waals surface area (Å²) in [4.78, 5) is 19.0. The fourth-order valence-corrected chi connectivity index (χ4v) is 6.36. The molecule has 10 heteroatoms. The molecule has 0 radical (unpaired) electrons. The van der Waals surface area contributed by atoms with Crippen molar-refractivity contribution in [1.82, 2.24) is 13.9 Å². The minimum absolute atomic E-state index is 0.278. The number of rotatable bonds is 6. The zero-order chi connectivity index (χ0) is 23.9. The largest absolute Gasteiger partial charge is 0.477 e. The van der Waals surface area contributed by atoms with E-state index in [0.29, 0.717) is 44.0 Å². The van der Waals surface area contributed by atoms with Gasteiger partial charge in [-0.15, -0.1) is 0 Å². The molecular formula is C24H29N5O4S. The summed E-state index contributed by atoms with van der Waals surface area (Å²) in [5.41, 5.74) is 7.93. The van der Waals surface area contributed by atoms with E-state index in [0.717, 1.165) is 36.3 Å². The highest BCUT2D eigenvalue weighted by molar-refractivity contribution is 7.89. The van der Waals surface area contributed by atoms with Crippen LogP contribution >= 0.6 is 0 Å². The molecule has 3 heterocycles. The molecule has 2 N–H and O–H groups in total. The van der Waals surface area contributed by atoms with Gasteiger partial charge in [-0.25, -0.2) is 13.4 Å². The summed E-state index contributed by atoms with van der Waals surface area (Å²) in [6.07, 6.45) is 2.10. The van der Waals surface area contributed by atoms with Crippen molar-refractivity contribution < 1.29 is 17.9 Å². The molecule has 0 aliphatic carbocycles. The number of carbonyl (C=O) groups excluding carboxylic acids is 1. The Labute approximate surface area is 199 Å². The first kappa shape index (κ1) is 22.7. The first-order valence-electron chi connectivity index (χ1n) is 11.7. The van der Waals surface area contributed by atoms with Gasteiger partial charge in [-0.3, -0.25) is 4.79 Å². The van der Waals surface area contributed by atoms with E-state index in [2.05, 4.69) is 4.57 Å². The second-order valence-corrected chi connectivity index (χ2v) is 10.7. The third kappa shape index (κ3) is 4.01. The van der Waals surface area contributed by atoms with Crippen molar-refractivity contribution in [2.24, 2.45) is 5.73 Å². The third-order valence-corrected chi connectivity index (χ3v) is 8.47. The lowest BCUT2D eigenvalue weighted by Gasteiger charge is -2.34. The molecule has 1 aromatic heterocycles. The van der Waals surface area contributed by atoms with Gasteiger partial charge < -0.3 is 19.9 Å². The van der Waals surface area contributed by atoms with E-state index in [9.17, 15) is 13.2 Å². The zero-order valence-corrected chi connectivity index (χ0v) is 20.0. The highest BCUT2D eigenvalue weighted by Gasteiger charge is 2.31. The Balaban J connectivity index is 1.50. The van der Waals surface area contributed by atoms with E-state index in [4.69, 9.17) is 15.5 Å². The van der Waals surface area contributed by atoms with Gasteiger partial charge in [0.05, 0.1) is 34.7 Å². The molecule has 3 aromatic rings. The predicted molar refractivity (Wildman–Crippen MR) is 129 cm³/mol. The first-order chi connectivity index (χ1) is 16.4. The van der Waals surface area contributed by atoms with Crippen molar-refractivity contribution in [2.75, 3.05) is 24.5 Å². The number of sulfonamides is 1. The van der Waals surface area contributed by atoms with Crippen LogP contribution < -0.4 is 15.4 Å². The number of imidazole rings is 1. The summed E-state index contributed by atoms with van der Waals surface area (Å²) in [5.74, 6) is 0.868. The van der Waals surface area contributed by atoms with Gasteiger partial charge >= 0.3 is 0 Å². The molecule has 0 spiro atoms. The Morgan fingerprint density at radius 1 is 1.15 bits per heavy atom. The van der Waals surface area contributed by atoms with Crippen LogP contribution in [0.15, 0.2) is 47.4 Å². The highest BCUT2D eigenvalue weighted by atomic mass is 32.2. The van der Waals surface area contributed by atoms with Gasteiger partial charge in [0.15, 0.2) is 6.10 Å². The molecule has 0 saturated carbocycles. The van der Waals surface area contributed by atoms with Gasteiger partial charge in [-0.2, -0.15) is 4.31 Å². The van der Waals surface area contributed by atoms with Gasteiger partial charge in [-0.05, 0) is 50.1 Å². The minimum atomic E-state index is -3.54. The quantitative estimate of drug-likeness (QED) is 0.577. The van der Waals surface area contributed by atoms with Crippen molar-refractivity contribution in [2.45, 2.75) is 50.3 Å². The number of ether oxygens (including phenoxy) is 1. The second kappa shape index (κ2) is 8.92. The number of aryl methyl sites for hydroxylation is 1. The van der Waals surface area contributed by atoms with Gasteiger partial charge in [0.25, 0.3) is 5.91 Å². The fraction of sp³-hybridized carbons (Fsp3) is 0.417. The SMILES string of the molecule is CCn1c(CN2C[C@@H](C(N)=O)Oc3ccccc32)nc2cc(S(=O)(=O)N3CCCCC3)ccc21. The topological polar surface area (TPSA) is 111 Å². The molecule has 2 aliphatic rings. The van der Waals surface area contributed by atoms with Crippen molar-refractivity contribution >= 4 is 32.7 Å². The smallest absolute Gasteiger partial charge is 0.260 e. The normalized spacial score (nSPS) is 19.1. The summed E-state index contributed by atoms with van der Waals surface area (Å²) in [5, 5.41) is 0. The first-order valence-corrected chi connectivity index (χ1v) is 13.1. The molecule has 1 saturated heterocycles. The number of aromatic nitrogens is 2. The average Bonchev–Trinajstić information content (AvgIpc) is 3.20. The van der Waals surface area contributed by atoms with Crippen LogP contribution in [0.5, 0.6) is 5.75 Å². The summed E-state index contributed by atoms with van der Waals surface area (Å²) in [6.45, 7) is 4.57. The van der Waals surface area contributed by atoms with E-state index in [1.165, 1.54) is 0 Å². The highest BCUT2D eigenvalue weighted by Crippen LogP contribution is 2.34. The molecule has 1 amide bonds. The van der Waals surface area contributed by atoms with E-state index in [1.807, 2.05) is 42.2 Å². The molecule has 9 nitrogen and oxygen atoms in total. The van der Waals surface area contributed by atoms with Crippen LogP contribution in [-0.2, 0) is 27.9 Å². The Morgan fingerprint density at radius 3 is 2.65 bits per heavy atom. The number of piperidine rings is 1. The number of hydrogen-bond acceptors (Lipinski definition) is 6. The number of nitrogens with zero attached hydrogens (tertiary/aromatic N) is 4. The van der Waals surface area contributed by atoms with E-state index in [1.54, 1.807) is 16.4 Å². The van der Waals surface area contributed by atoms with Crippen LogP contribution in [0.4, 0.5) is 5.69 Å². The number of para-hydroxylation sites is 2. The molecule has 0 bridgehead atoms. The molecule has 1 fully saturated rings. The van der Waals surface area contributed by atoms with Crippen LogP contribution in [0.25, 0.3) is 11.0 Å². The third-order valence-electron chi connectivity index (χ3n) is 6.58. The summed E-state index contributed by atoms with van der Waals surface area (Å²) >= 11 is 0. The molecule has 2 aromatic carbocycles. The lowest BCUT2D eigenvalue weighted by atomic mass is 10.2. The molecule has 2 aliphatic heterocycles. The molecule has 1 atom stereocenters. The Morgan fingerprint density at radius 2 is 1.91 bits per heavy atom. The maximum Gasteiger partial charge on any atom is 0.260 e. The number of fused-ring (bicyclic) bond motifs is 2. The van der Waals surface area contributed by atoms with E-state index >= 15 is 0 Å². The maximum absolute atomic E-state index is 13.2. The molecule has 180 valence electrons. The Bertz CT molecular complexity index is 1330. The molecule has 34 heavy (non-hydrogen) atoms. The van der Waals surface area contributed by atoms with E-state index < -0.39 is 22.0 Å². The number of hydrogen-bond donors (Lipinski definition) is 1. The standard InChI is InChI=1S/C24H29N5O4S/c1-2-29-19-11-10-17(34(31,32)28-12-6-3-7-13-28)14-18(19)26-23(29)16-27-15-22(24(25)30)33-21-9-5-4-8-20(21)27/h4-5,8-11,14,22H,2-3,6-7,12-13,15-16H2,1H3,(H2,25,30)/t22-/m0/s1. The zero-order valence-electron chi connectivity index (χ0n) is 19.2. The van der Waals surface area contributed by atoms with Crippen molar-refractivity contribution in [3.8, 4) is 5.75 Å².